The van der Waals surface area contributed by atoms with E-state index in [-0.39, 0.29) is 6.61 Å². The minimum atomic E-state index is 0.249. The second-order valence-electron chi connectivity index (χ2n) is 6.69. The van der Waals surface area contributed by atoms with Crippen molar-refractivity contribution in [3.63, 3.8) is 0 Å². The van der Waals surface area contributed by atoms with Crippen LogP contribution in [0.1, 0.15) is 23.6 Å². The van der Waals surface area contributed by atoms with Gasteiger partial charge in [-0.3, -0.25) is 0 Å². The third-order valence-corrected chi connectivity index (χ3v) is 5.73. The Labute approximate surface area is 206 Å². The van der Waals surface area contributed by atoms with Crippen molar-refractivity contribution in [3.05, 3.63) is 85.8 Å². The summed E-state index contributed by atoms with van der Waals surface area (Å²) in [5.41, 5.74) is 2.91. The molecule has 3 rings (SSSR count). The Hall–Kier alpha value is -2.65. The van der Waals surface area contributed by atoms with Crippen LogP contribution in [0.4, 0.5) is 0 Å². The fourth-order valence-electron chi connectivity index (χ4n) is 2.98. The van der Waals surface area contributed by atoms with Crippen LogP contribution in [-0.4, -0.2) is 13.7 Å². The van der Waals surface area contributed by atoms with Crippen LogP contribution in [0.3, 0.4) is 0 Å². The van der Waals surface area contributed by atoms with Crippen LogP contribution in [-0.2, 0) is 6.61 Å². The summed E-state index contributed by atoms with van der Waals surface area (Å²) >= 11 is 15.8. The molecule has 4 nitrogen and oxygen atoms in total. The molecule has 0 fully saturated rings. The SMILES string of the molecule is CCOc1cc(/C=C(\C#N)c2ccc(OC)cc2)cc(Br)c1OCc1ccc(Cl)cc1Cl. The van der Waals surface area contributed by atoms with Crippen molar-refractivity contribution in [2.75, 3.05) is 13.7 Å². The lowest BCUT2D eigenvalue weighted by atomic mass is 10.0. The largest absolute Gasteiger partial charge is 0.497 e. The number of methoxy groups -OCH3 is 1. The Morgan fingerprint density at radius 3 is 2.44 bits per heavy atom. The fourth-order valence-corrected chi connectivity index (χ4v) is 4.02. The van der Waals surface area contributed by atoms with Gasteiger partial charge in [0.05, 0.1) is 29.8 Å². The summed E-state index contributed by atoms with van der Waals surface area (Å²) < 4.78 is 17.7. The summed E-state index contributed by atoms with van der Waals surface area (Å²) in [6.07, 6.45) is 1.80. The zero-order valence-electron chi connectivity index (χ0n) is 17.5. The zero-order chi connectivity index (χ0) is 23.1. The van der Waals surface area contributed by atoms with Gasteiger partial charge in [-0.05, 0) is 88.6 Å². The number of ether oxygens (including phenoxy) is 3. The highest BCUT2D eigenvalue weighted by atomic mass is 79.9. The molecule has 0 N–H and O–H groups in total. The highest BCUT2D eigenvalue weighted by Crippen LogP contribution is 2.39. The van der Waals surface area contributed by atoms with Gasteiger partial charge in [0.2, 0.25) is 0 Å². The summed E-state index contributed by atoms with van der Waals surface area (Å²) in [5, 5.41) is 10.8. The first kappa shape index (κ1) is 24.0. The molecule has 0 radical (unpaired) electrons. The van der Waals surface area contributed by atoms with Gasteiger partial charge in [-0.15, -0.1) is 0 Å². The maximum absolute atomic E-state index is 9.68. The highest BCUT2D eigenvalue weighted by molar-refractivity contribution is 9.10. The van der Waals surface area contributed by atoms with E-state index in [1.54, 1.807) is 25.3 Å². The lowest BCUT2D eigenvalue weighted by Crippen LogP contribution is -2.01. The first-order valence-electron chi connectivity index (χ1n) is 9.74. The molecule has 0 amide bonds. The summed E-state index contributed by atoms with van der Waals surface area (Å²) in [4.78, 5) is 0. The van der Waals surface area contributed by atoms with E-state index in [1.165, 1.54) is 0 Å². The molecule has 0 aliphatic rings. The van der Waals surface area contributed by atoms with E-state index in [1.807, 2.05) is 49.4 Å². The number of allylic oxidation sites excluding steroid dienone is 1. The number of nitriles is 1. The average molecular weight is 533 g/mol. The van der Waals surface area contributed by atoms with Crippen LogP contribution in [0.15, 0.2) is 59.1 Å². The Morgan fingerprint density at radius 1 is 1.06 bits per heavy atom. The first-order valence-corrected chi connectivity index (χ1v) is 11.3. The Bertz CT molecular complexity index is 1170. The molecule has 7 heteroatoms. The molecule has 0 aromatic heterocycles. The Morgan fingerprint density at radius 2 is 1.81 bits per heavy atom. The summed E-state index contributed by atoms with van der Waals surface area (Å²) in [5.74, 6) is 1.85. The van der Waals surface area contributed by atoms with Gasteiger partial charge in [-0.25, -0.2) is 0 Å². The van der Waals surface area contributed by atoms with E-state index in [0.717, 1.165) is 22.4 Å². The molecule has 3 aromatic rings. The molecular weight excluding hydrogens is 513 g/mol. The first-order chi connectivity index (χ1) is 15.4. The molecule has 3 aromatic carbocycles. The van der Waals surface area contributed by atoms with Crippen molar-refractivity contribution in [1.29, 1.82) is 5.26 Å². The number of hydrogen-bond acceptors (Lipinski definition) is 4. The molecule has 0 unspecified atom stereocenters. The van der Waals surface area contributed by atoms with Crippen LogP contribution < -0.4 is 14.2 Å². The van der Waals surface area contributed by atoms with Crippen molar-refractivity contribution in [3.8, 4) is 23.3 Å². The van der Waals surface area contributed by atoms with Gasteiger partial charge in [0, 0.05) is 15.6 Å². The van der Waals surface area contributed by atoms with Crippen molar-refractivity contribution < 1.29 is 14.2 Å². The topological polar surface area (TPSA) is 51.5 Å². The van der Waals surface area contributed by atoms with Crippen molar-refractivity contribution in [2.45, 2.75) is 13.5 Å². The normalized spacial score (nSPS) is 11.1. The van der Waals surface area contributed by atoms with E-state index in [2.05, 4.69) is 22.0 Å². The third kappa shape index (κ3) is 5.98. The second-order valence-corrected chi connectivity index (χ2v) is 8.38. The molecule has 0 saturated carbocycles. The molecule has 0 aliphatic carbocycles. The molecule has 0 bridgehead atoms. The average Bonchev–Trinajstić information content (AvgIpc) is 2.78. The molecular formula is C25H20BrCl2NO3. The number of nitrogens with zero attached hydrogens (tertiary/aromatic N) is 1. The fraction of sp³-hybridized carbons (Fsp3) is 0.160. The van der Waals surface area contributed by atoms with Gasteiger partial charge in [-0.2, -0.15) is 5.26 Å². The maximum Gasteiger partial charge on any atom is 0.175 e. The summed E-state index contributed by atoms with van der Waals surface area (Å²) in [6, 6.07) is 18.6. The molecule has 164 valence electrons. The van der Waals surface area contributed by atoms with E-state index < -0.39 is 0 Å². The summed E-state index contributed by atoms with van der Waals surface area (Å²) in [6.45, 7) is 2.61. The van der Waals surface area contributed by atoms with Crippen LogP contribution >= 0.6 is 39.1 Å². The van der Waals surface area contributed by atoms with Gasteiger partial charge >= 0.3 is 0 Å². The second kappa shape index (κ2) is 11.3. The van der Waals surface area contributed by atoms with Gasteiger partial charge in [-0.1, -0.05) is 29.3 Å². The number of halogens is 3. The van der Waals surface area contributed by atoms with Gasteiger partial charge in [0.1, 0.15) is 12.4 Å². The highest BCUT2D eigenvalue weighted by Gasteiger charge is 2.14. The predicted molar refractivity (Wildman–Crippen MR) is 133 cm³/mol. The Balaban J connectivity index is 1.91. The smallest absolute Gasteiger partial charge is 0.175 e. The van der Waals surface area contributed by atoms with Crippen LogP contribution in [0.2, 0.25) is 10.0 Å². The standard InChI is InChI=1S/C25H20BrCl2NO3/c1-3-31-24-12-16(10-19(14-29)17-5-8-21(30-2)9-6-17)11-22(26)25(24)32-15-18-4-7-20(27)13-23(18)28/h4-13H,3,15H2,1-2H3/b19-10+. The zero-order valence-corrected chi connectivity index (χ0v) is 20.6. The molecule has 0 atom stereocenters. The Kier molecular flexibility index (Phi) is 8.46. The van der Waals surface area contributed by atoms with Crippen LogP contribution in [0.25, 0.3) is 11.6 Å². The van der Waals surface area contributed by atoms with Gasteiger partial charge in [0.15, 0.2) is 11.5 Å². The minimum Gasteiger partial charge on any atom is -0.497 e. The lowest BCUT2D eigenvalue weighted by Gasteiger charge is -2.15. The monoisotopic (exact) mass is 531 g/mol. The third-order valence-electron chi connectivity index (χ3n) is 4.55. The lowest BCUT2D eigenvalue weighted by molar-refractivity contribution is 0.267. The van der Waals surface area contributed by atoms with Crippen molar-refractivity contribution >= 4 is 50.8 Å². The molecule has 0 saturated heterocycles. The summed E-state index contributed by atoms with van der Waals surface area (Å²) in [7, 11) is 1.60. The van der Waals surface area contributed by atoms with Crippen LogP contribution in [0, 0.1) is 11.3 Å². The van der Waals surface area contributed by atoms with Gasteiger partial charge < -0.3 is 14.2 Å². The maximum atomic E-state index is 9.68. The number of rotatable bonds is 8. The number of benzene rings is 3. The van der Waals surface area contributed by atoms with Crippen LogP contribution in [0.5, 0.6) is 17.2 Å². The van der Waals surface area contributed by atoms with E-state index in [9.17, 15) is 5.26 Å². The van der Waals surface area contributed by atoms with E-state index >= 15 is 0 Å². The predicted octanol–water partition coefficient (Wildman–Crippen LogP) is 7.81. The van der Waals surface area contributed by atoms with E-state index in [4.69, 9.17) is 37.4 Å². The van der Waals surface area contributed by atoms with Crippen molar-refractivity contribution in [1.82, 2.24) is 0 Å². The van der Waals surface area contributed by atoms with Crippen molar-refractivity contribution in [2.24, 2.45) is 0 Å². The number of hydrogen-bond donors (Lipinski definition) is 0. The van der Waals surface area contributed by atoms with Gasteiger partial charge in [0.25, 0.3) is 0 Å². The molecule has 0 spiro atoms. The molecule has 0 aliphatic heterocycles. The molecule has 0 heterocycles. The quantitative estimate of drug-likeness (QED) is 0.219. The minimum absolute atomic E-state index is 0.249. The molecule has 32 heavy (non-hydrogen) atoms. The van der Waals surface area contributed by atoms with E-state index in [0.29, 0.717) is 38.2 Å².